The lowest BCUT2D eigenvalue weighted by atomic mass is 10.0. The molecule has 6 heteroatoms. The van der Waals surface area contributed by atoms with Gasteiger partial charge in [0.25, 0.3) is 0 Å². The molecule has 0 fully saturated rings. The summed E-state index contributed by atoms with van der Waals surface area (Å²) < 4.78 is 15.2. The van der Waals surface area contributed by atoms with Crippen LogP contribution >= 0.6 is 23.2 Å². The third-order valence-electron chi connectivity index (χ3n) is 3.11. The normalized spacial score (nSPS) is 12.7. The molecule has 0 aliphatic heterocycles. The number of aromatic nitrogens is 2. The number of hydrogen-bond acceptors (Lipinski definition) is 2. The van der Waals surface area contributed by atoms with Gasteiger partial charge in [0.05, 0.1) is 28.0 Å². The van der Waals surface area contributed by atoms with Crippen molar-refractivity contribution in [2.75, 3.05) is 7.05 Å². The molecule has 1 aromatic carbocycles. The minimum atomic E-state index is -0.432. The van der Waals surface area contributed by atoms with Crippen LogP contribution in [0.25, 0.3) is 0 Å². The van der Waals surface area contributed by atoms with Crippen LogP contribution in [0.3, 0.4) is 0 Å². The Morgan fingerprint density at radius 2 is 2.10 bits per heavy atom. The van der Waals surface area contributed by atoms with Gasteiger partial charge in [0.2, 0.25) is 0 Å². The van der Waals surface area contributed by atoms with Crippen molar-refractivity contribution in [3.63, 3.8) is 0 Å². The molecule has 0 amide bonds. The van der Waals surface area contributed by atoms with Crippen LogP contribution in [0.15, 0.2) is 24.4 Å². The summed E-state index contributed by atoms with van der Waals surface area (Å²) in [5.74, 6) is -0.432. The van der Waals surface area contributed by atoms with E-state index in [0.29, 0.717) is 5.02 Å². The van der Waals surface area contributed by atoms with Gasteiger partial charge >= 0.3 is 0 Å². The van der Waals surface area contributed by atoms with Gasteiger partial charge in [-0.05, 0) is 31.2 Å². The van der Waals surface area contributed by atoms with Gasteiger partial charge in [-0.15, -0.1) is 0 Å². The van der Waals surface area contributed by atoms with E-state index in [-0.39, 0.29) is 11.1 Å². The predicted molar refractivity (Wildman–Crippen MR) is 79.8 cm³/mol. The van der Waals surface area contributed by atoms with Crippen LogP contribution in [-0.4, -0.2) is 16.8 Å². The topological polar surface area (TPSA) is 29.9 Å². The molecule has 1 aromatic heterocycles. The molecule has 0 aliphatic rings. The number of hydrogen-bond donors (Lipinski definition) is 1. The molecule has 108 valence electrons. The lowest BCUT2D eigenvalue weighted by molar-refractivity contribution is 0.534. The van der Waals surface area contributed by atoms with Gasteiger partial charge in [-0.3, -0.25) is 4.68 Å². The van der Waals surface area contributed by atoms with E-state index < -0.39 is 5.82 Å². The van der Waals surface area contributed by atoms with E-state index in [2.05, 4.69) is 17.3 Å². The number of rotatable bonds is 5. The van der Waals surface area contributed by atoms with E-state index in [1.54, 1.807) is 18.3 Å². The van der Waals surface area contributed by atoms with Crippen LogP contribution in [0, 0.1) is 5.82 Å². The fraction of sp³-hybridized carbons (Fsp3) is 0.357. The lowest BCUT2D eigenvalue weighted by Gasteiger charge is -2.19. The van der Waals surface area contributed by atoms with E-state index in [1.807, 2.05) is 11.7 Å². The largest absolute Gasteiger partial charge is 0.308 e. The maximum Gasteiger partial charge on any atom is 0.141 e. The standard InChI is InChI=1S/C14H16Cl2FN3/c1-3-6-20-14(11(16)8-19-20)13(18-2)9-4-5-12(17)10(15)7-9/h4-5,7-8,13,18H,3,6H2,1-2H3. The van der Waals surface area contributed by atoms with E-state index in [1.165, 1.54) is 6.07 Å². The zero-order chi connectivity index (χ0) is 14.7. The zero-order valence-corrected chi connectivity index (χ0v) is 12.8. The molecule has 1 heterocycles. The molecule has 2 rings (SSSR count). The molecule has 2 aromatic rings. The number of aryl methyl sites for hydroxylation is 1. The van der Waals surface area contributed by atoms with Crippen molar-refractivity contribution in [1.82, 2.24) is 15.1 Å². The molecule has 3 nitrogen and oxygen atoms in total. The van der Waals surface area contributed by atoms with E-state index in [4.69, 9.17) is 23.2 Å². The van der Waals surface area contributed by atoms with Gasteiger partial charge in [-0.1, -0.05) is 36.2 Å². The average Bonchev–Trinajstić information content (AvgIpc) is 2.77. The first-order valence-electron chi connectivity index (χ1n) is 6.41. The van der Waals surface area contributed by atoms with Crippen molar-refractivity contribution < 1.29 is 4.39 Å². The molecular weight excluding hydrogens is 300 g/mol. The summed E-state index contributed by atoms with van der Waals surface area (Å²) in [5, 5.41) is 8.14. The summed E-state index contributed by atoms with van der Waals surface area (Å²) in [4.78, 5) is 0. The highest BCUT2D eigenvalue weighted by atomic mass is 35.5. The van der Waals surface area contributed by atoms with Crippen LogP contribution in [0.5, 0.6) is 0 Å². The number of benzene rings is 1. The highest BCUT2D eigenvalue weighted by molar-refractivity contribution is 6.31. The third kappa shape index (κ3) is 2.97. The molecule has 0 saturated carbocycles. The van der Waals surface area contributed by atoms with Gasteiger partial charge in [-0.25, -0.2) is 4.39 Å². The first kappa shape index (κ1) is 15.3. The number of nitrogens with one attached hydrogen (secondary N) is 1. The van der Waals surface area contributed by atoms with Crippen molar-refractivity contribution in [1.29, 1.82) is 0 Å². The summed E-state index contributed by atoms with van der Waals surface area (Å²) in [6.45, 7) is 2.84. The van der Waals surface area contributed by atoms with Gasteiger partial charge in [0.1, 0.15) is 5.82 Å². The van der Waals surface area contributed by atoms with E-state index in [0.717, 1.165) is 24.2 Å². The maximum atomic E-state index is 13.3. The monoisotopic (exact) mass is 315 g/mol. The molecule has 1 atom stereocenters. The Morgan fingerprint density at radius 3 is 2.70 bits per heavy atom. The molecule has 0 spiro atoms. The van der Waals surface area contributed by atoms with Crippen LogP contribution in [0.1, 0.15) is 30.6 Å². The summed E-state index contributed by atoms with van der Waals surface area (Å²) in [6.07, 6.45) is 2.58. The highest BCUT2D eigenvalue weighted by Crippen LogP contribution is 2.30. The Hall–Kier alpha value is -1.10. The van der Waals surface area contributed by atoms with Crippen LogP contribution in [0.4, 0.5) is 4.39 Å². The minimum Gasteiger partial charge on any atom is -0.308 e. The van der Waals surface area contributed by atoms with Crippen LogP contribution in [0.2, 0.25) is 10.0 Å². The molecule has 0 aliphatic carbocycles. The second-order valence-corrected chi connectivity index (χ2v) is 5.31. The van der Waals surface area contributed by atoms with Crippen molar-refractivity contribution >= 4 is 23.2 Å². The van der Waals surface area contributed by atoms with E-state index >= 15 is 0 Å². The third-order valence-corrected chi connectivity index (χ3v) is 3.69. The second-order valence-electron chi connectivity index (χ2n) is 4.50. The van der Waals surface area contributed by atoms with Gasteiger partial charge < -0.3 is 5.32 Å². The van der Waals surface area contributed by atoms with Crippen molar-refractivity contribution in [2.45, 2.75) is 25.9 Å². The first-order valence-corrected chi connectivity index (χ1v) is 7.17. The fourth-order valence-corrected chi connectivity index (χ4v) is 2.64. The Labute approximate surface area is 127 Å². The number of halogens is 3. The van der Waals surface area contributed by atoms with Crippen molar-refractivity contribution in [2.24, 2.45) is 0 Å². The SMILES string of the molecule is CCCn1ncc(Cl)c1C(NC)c1ccc(F)c(Cl)c1. The molecule has 0 bridgehead atoms. The van der Waals surface area contributed by atoms with Crippen molar-refractivity contribution in [3.05, 3.63) is 51.5 Å². The fourth-order valence-electron chi connectivity index (χ4n) is 2.20. The summed E-state index contributed by atoms with van der Waals surface area (Å²) in [5.41, 5.74) is 1.71. The molecule has 0 saturated heterocycles. The molecule has 1 unspecified atom stereocenters. The van der Waals surface area contributed by atoms with Crippen LogP contribution < -0.4 is 5.32 Å². The smallest absolute Gasteiger partial charge is 0.141 e. The maximum absolute atomic E-state index is 13.3. The molecule has 0 radical (unpaired) electrons. The minimum absolute atomic E-state index is 0.0976. The average molecular weight is 316 g/mol. The summed E-state index contributed by atoms with van der Waals surface area (Å²) in [7, 11) is 1.82. The van der Waals surface area contributed by atoms with Gasteiger partial charge in [-0.2, -0.15) is 5.10 Å². The Morgan fingerprint density at radius 1 is 1.35 bits per heavy atom. The zero-order valence-electron chi connectivity index (χ0n) is 11.3. The lowest BCUT2D eigenvalue weighted by Crippen LogP contribution is -2.22. The van der Waals surface area contributed by atoms with Crippen LogP contribution in [-0.2, 0) is 6.54 Å². The summed E-state index contributed by atoms with van der Waals surface area (Å²) >= 11 is 12.1. The second kappa shape index (κ2) is 6.57. The molecule has 20 heavy (non-hydrogen) atoms. The Balaban J connectivity index is 2.46. The quantitative estimate of drug-likeness (QED) is 0.902. The molecule has 1 N–H and O–H groups in total. The van der Waals surface area contributed by atoms with Gasteiger partial charge in [0, 0.05) is 6.54 Å². The van der Waals surface area contributed by atoms with Gasteiger partial charge in [0.15, 0.2) is 0 Å². The Bertz CT molecular complexity index is 598. The number of nitrogens with zero attached hydrogens (tertiary/aromatic N) is 2. The predicted octanol–water partition coefficient (Wildman–Crippen LogP) is 4.05. The van der Waals surface area contributed by atoms with E-state index in [9.17, 15) is 4.39 Å². The molecular formula is C14H16Cl2FN3. The highest BCUT2D eigenvalue weighted by Gasteiger charge is 2.21. The first-order chi connectivity index (χ1) is 9.58. The summed E-state index contributed by atoms with van der Waals surface area (Å²) in [6, 6.07) is 4.48. The Kier molecular flexibility index (Phi) is 5.02. The van der Waals surface area contributed by atoms with Crippen molar-refractivity contribution in [3.8, 4) is 0 Å².